The Labute approximate surface area is 122 Å². The van der Waals surface area contributed by atoms with Crippen molar-refractivity contribution in [1.82, 2.24) is 14.5 Å². The summed E-state index contributed by atoms with van der Waals surface area (Å²) in [6.45, 7) is 1.86. The standard InChI is InChI=1S/C17H16N4/c18-10-5-11-21-15-9-4-1-6-12(15)16-17(21)20-14-8-3-2-7-13(14)19-16/h1-4,6-9H,5,10-11,18H2/p+1. The molecule has 2 aromatic heterocycles. The second kappa shape index (κ2) is 4.82. The predicted molar refractivity (Wildman–Crippen MR) is 84.9 cm³/mol. The lowest BCUT2D eigenvalue weighted by Crippen LogP contribution is -2.50. The highest BCUT2D eigenvalue weighted by atomic mass is 15.1. The highest BCUT2D eigenvalue weighted by Crippen LogP contribution is 2.28. The van der Waals surface area contributed by atoms with Gasteiger partial charge in [-0.3, -0.25) is 0 Å². The first-order chi connectivity index (χ1) is 10.4. The van der Waals surface area contributed by atoms with Gasteiger partial charge in [0.25, 0.3) is 0 Å². The molecule has 0 saturated carbocycles. The van der Waals surface area contributed by atoms with Crippen LogP contribution in [0.15, 0.2) is 48.5 Å². The number of rotatable bonds is 3. The van der Waals surface area contributed by atoms with Crippen molar-refractivity contribution in [3.8, 4) is 0 Å². The maximum Gasteiger partial charge on any atom is 0.160 e. The average Bonchev–Trinajstić information content (AvgIpc) is 2.84. The number of hydrogen-bond donors (Lipinski definition) is 1. The van der Waals surface area contributed by atoms with Crippen LogP contribution in [0.3, 0.4) is 0 Å². The number of aromatic nitrogens is 3. The van der Waals surface area contributed by atoms with Gasteiger partial charge in [0, 0.05) is 18.4 Å². The van der Waals surface area contributed by atoms with Gasteiger partial charge in [0.1, 0.15) is 5.52 Å². The first kappa shape index (κ1) is 12.3. The molecule has 0 radical (unpaired) electrons. The van der Waals surface area contributed by atoms with E-state index in [0.717, 1.165) is 41.7 Å². The smallest absolute Gasteiger partial charge is 0.160 e. The Morgan fingerprint density at radius 3 is 2.43 bits per heavy atom. The van der Waals surface area contributed by atoms with Crippen molar-refractivity contribution in [1.29, 1.82) is 0 Å². The van der Waals surface area contributed by atoms with Gasteiger partial charge in [0.05, 0.1) is 23.1 Å². The van der Waals surface area contributed by atoms with E-state index in [-0.39, 0.29) is 0 Å². The Bertz CT molecular complexity index is 939. The van der Waals surface area contributed by atoms with E-state index in [1.54, 1.807) is 0 Å². The van der Waals surface area contributed by atoms with Gasteiger partial charge in [0.15, 0.2) is 5.65 Å². The van der Waals surface area contributed by atoms with Crippen LogP contribution >= 0.6 is 0 Å². The van der Waals surface area contributed by atoms with E-state index in [0.29, 0.717) is 0 Å². The number of para-hydroxylation sites is 3. The third kappa shape index (κ3) is 1.87. The van der Waals surface area contributed by atoms with E-state index < -0.39 is 0 Å². The summed E-state index contributed by atoms with van der Waals surface area (Å²) in [7, 11) is 0. The maximum atomic E-state index is 4.85. The summed E-state index contributed by atoms with van der Waals surface area (Å²) >= 11 is 0. The molecule has 4 aromatic rings. The maximum absolute atomic E-state index is 4.85. The Morgan fingerprint density at radius 1 is 0.905 bits per heavy atom. The zero-order valence-corrected chi connectivity index (χ0v) is 11.8. The molecule has 4 rings (SSSR count). The van der Waals surface area contributed by atoms with E-state index in [4.69, 9.17) is 9.97 Å². The molecule has 0 spiro atoms. The van der Waals surface area contributed by atoms with Gasteiger partial charge in [-0.2, -0.15) is 0 Å². The molecule has 4 nitrogen and oxygen atoms in total. The number of benzene rings is 2. The Morgan fingerprint density at radius 2 is 1.62 bits per heavy atom. The van der Waals surface area contributed by atoms with Crippen molar-refractivity contribution in [3.63, 3.8) is 0 Å². The molecule has 4 heteroatoms. The third-order valence-electron chi connectivity index (χ3n) is 3.89. The van der Waals surface area contributed by atoms with Crippen LogP contribution in [0.25, 0.3) is 33.1 Å². The predicted octanol–water partition coefficient (Wildman–Crippen LogP) is 2.37. The molecule has 0 unspecified atom stereocenters. The minimum absolute atomic E-state index is 0.926. The van der Waals surface area contributed by atoms with E-state index in [1.807, 2.05) is 24.3 Å². The first-order valence-electron chi connectivity index (χ1n) is 7.31. The summed E-state index contributed by atoms with van der Waals surface area (Å²) < 4.78 is 2.27. The Hall–Kier alpha value is -2.46. The minimum atomic E-state index is 0.926. The average molecular weight is 277 g/mol. The molecule has 0 saturated heterocycles. The molecule has 3 N–H and O–H groups in total. The normalized spacial score (nSPS) is 11.7. The van der Waals surface area contributed by atoms with Crippen LogP contribution in [-0.2, 0) is 6.54 Å². The molecule has 0 aliphatic heterocycles. The zero-order chi connectivity index (χ0) is 14.2. The van der Waals surface area contributed by atoms with Gasteiger partial charge in [-0.1, -0.05) is 30.3 Å². The molecule has 0 amide bonds. The van der Waals surface area contributed by atoms with Crippen LogP contribution in [0.1, 0.15) is 6.42 Å². The van der Waals surface area contributed by atoms with Crippen LogP contribution < -0.4 is 5.73 Å². The fourth-order valence-electron chi connectivity index (χ4n) is 2.88. The molecule has 2 heterocycles. The topological polar surface area (TPSA) is 58.4 Å². The Balaban J connectivity index is 2.13. The molecule has 0 aliphatic rings. The molecule has 2 aromatic carbocycles. The second-order valence-corrected chi connectivity index (χ2v) is 5.26. The second-order valence-electron chi connectivity index (χ2n) is 5.26. The van der Waals surface area contributed by atoms with Gasteiger partial charge in [-0.25, -0.2) is 9.97 Å². The molecular formula is C17H17N4+. The SMILES string of the molecule is [NH3+]CCCn1c2ccccc2c2nc3ccccc3nc21. The van der Waals surface area contributed by atoms with Gasteiger partial charge >= 0.3 is 0 Å². The first-order valence-corrected chi connectivity index (χ1v) is 7.31. The van der Waals surface area contributed by atoms with Gasteiger partial charge in [-0.05, 0) is 18.2 Å². The fourth-order valence-corrected chi connectivity index (χ4v) is 2.88. The highest BCUT2D eigenvalue weighted by Gasteiger charge is 2.13. The summed E-state index contributed by atoms with van der Waals surface area (Å²) in [4.78, 5) is 9.68. The van der Waals surface area contributed by atoms with Crippen LogP contribution in [-0.4, -0.2) is 21.1 Å². The van der Waals surface area contributed by atoms with Gasteiger partial charge in [-0.15, -0.1) is 0 Å². The summed E-state index contributed by atoms with van der Waals surface area (Å²) in [6.07, 6.45) is 1.04. The number of aryl methyl sites for hydroxylation is 1. The number of nitrogens with zero attached hydrogens (tertiary/aromatic N) is 3. The zero-order valence-electron chi connectivity index (χ0n) is 11.8. The highest BCUT2D eigenvalue weighted by molar-refractivity contribution is 6.06. The molecule has 0 fully saturated rings. The number of quaternary nitrogens is 1. The fraction of sp³-hybridized carbons (Fsp3) is 0.176. The quantitative estimate of drug-likeness (QED) is 0.625. The van der Waals surface area contributed by atoms with E-state index >= 15 is 0 Å². The van der Waals surface area contributed by atoms with Gasteiger partial charge < -0.3 is 10.3 Å². The van der Waals surface area contributed by atoms with Crippen molar-refractivity contribution in [2.45, 2.75) is 13.0 Å². The van der Waals surface area contributed by atoms with Crippen LogP contribution in [0.2, 0.25) is 0 Å². The van der Waals surface area contributed by atoms with Crippen LogP contribution in [0, 0.1) is 0 Å². The lowest BCUT2D eigenvalue weighted by Gasteiger charge is -2.05. The largest absolute Gasteiger partial charge is 0.358 e. The molecule has 0 aliphatic carbocycles. The molecule has 0 atom stereocenters. The minimum Gasteiger partial charge on any atom is -0.358 e. The monoisotopic (exact) mass is 277 g/mol. The van der Waals surface area contributed by atoms with Gasteiger partial charge in [0.2, 0.25) is 0 Å². The summed E-state index contributed by atoms with van der Waals surface area (Å²) in [5.41, 5.74) is 9.02. The molecular weight excluding hydrogens is 260 g/mol. The van der Waals surface area contributed by atoms with Crippen molar-refractivity contribution in [2.24, 2.45) is 0 Å². The number of hydrogen-bond acceptors (Lipinski definition) is 2. The third-order valence-corrected chi connectivity index (χ3v) is 3.89. The van der Waals surface area contributed by atoms with Crippen LogP contribution in [0.5, 0.6) is 0 Å². The summed E-state index contributed by atoms with van der Waals surface area (Å²) in [6, 6.07) is 16.5. The summed E-state index contributed by atoms with van der Waals surface area (Å²) in [5, 5.41) is 1.18. The summed E-state index contributed by atoms with van der Waals surface area (Å²) in [5.74, 6) is 0. The lowest BCUT2D eigenvalue weighted by atomic mass is 10.2. The molecule has 21 heavy (non-hydrogen) atoms. The van der Waals surface area contributed by atoms with Crippen molar-refractivity contribution in [2.75, 3.05) is 6.54 Å². The van der Waals surface area contributed by atoms with E-state index in [2.05, 4.69) is 34.6 Å². The lowest BCUT2D eigenvalue weighted by molar-refractivity contribution is -0.368. The number of fused-ring (bicyclic) bond motifs is 4. The molecule has 0 bridgehead atoms. The van der Waals surface area contributed by atoms with Crippen molar-refractivity contribution < 1.29 is 5.73 Å². The van der Waals surface area contributed by atoms with E-state index in [1.165, 1.54) is 10.9 Å². The Kier molecular flexibility index (Phi) is 2.82. The van der Waals surface area contributed by atoms with Crippen molar-refractivity contribution >= 4 is 33.1 Å². The van der Waals surface area contributed by atoms with Crippen LogP contribution in [0.4, 0.5) is 0 Å². The van der Waals surface area contributed by atoms with Crippen molar-refractivity contribution in [3.05, 3.63) is 48.5 Å². The van der Waals surface area contributed by atoms with E-state index in [9.17, 15) is 0 Å². The molecule has 104 valence electrons.